The van der Waals surface area contributed by atoms with Crippen molar-refractivity contribution in [2.75, 3.05) is 0 Å². The van der Waals surface area contributed by atoms with E-state index in [1.807, 2.05) is 6.92 Å². The van der Waals surface area contributed by atoms with Crippen LogP contribution in [-0.4, -0.2) is 33.0 Å². The smallest absolute Gasteiger partial charge is 0.326 e. The molecule has 1 amide bonds. The molecule has 0 bridgehead atoms. The molecule has 0 fully saturated rings. The highest BCUT2D eigenvalue weighted by Crippen LogP contribution is 1.98. The lowest BCUT2D eigenvalue weighted by molar-refractivity contribution is -0.139. The molecule has 0 saturated heterocycles. The molecule has 3 N–H and O–H groups in total. The van der Waals surface area contributed by atoms with E-state index in [1.165, 1.54) is 0 Å². The van der Waals surface area contributed by atoms with Crippen LogP contribution in [0, 0.1) is 0 Å². The second kappa shape index (κ2) is 5.78. The lowest BCUT2D eigenvalue weighted by Crippen LogP contribution is -2.41. The van der Waals surface area contributed by atoms with Crippen LogP contribution in [0.4, 0.5) is 0 Å². The molecule has 1 atom stereocenters. The summed E-state index contributed by atoms with van der Waals surface area (Å²) in [5, 5.41) is 11.2. The lowest BCUT2D eigenvalue weighted by atomic mass is 10.1. The SMILES string of the molecule is CCC[C@H](NC(=O)c1c[nH]c(=O)cn1)C(=O)O. The second-order valence-electron chi connectivity index (χ2n) is 3.45. The van der Waals surface area contributed by atoms with Crippen LogP contribution in [-0.2, 0) is 4.79 Å². The van der Waals surface area contributed by atoms with Gasteiger partial charge in [-0.1, -0.05) is 13.3 Å². The summed E-state index contributed by atoms with van der Waals surface area (Å²) in [4.78, 5) is 39.0. The fraction of sp³-hybridized carbons (Fsp3) is 0.400. The van der Waals surface area contributed by atoms with E-state index in [1.54, 1.807) is 0 Å². The number of nitrogens with zero attached hydrogens (tertiary/aromatic N) is 1. The number of rotatable bonds is 5. The van der Waals surface area contributed by atoms with Gasteiger partial charge >= 0.3 is 5.97 Å². The van der Waals surface area contributed by atoms with Crippen molar-refractivity contribution in [3.8, 4) is 0 Å². The van der Waals surface area contributed by atoms with Gasteiger partial charge in [-0.2, -0.15) is 0 Å². The fourth-order valence-corrected chi connectivity index (χ4v) is 1.24. The van der Waals surface area contributed by atoms with Gasteiger partial charge < -0.3 is 15.4 Å². The van der Waals surface area contributed by atoms with Crippen LogP contribution < -0.4 is 10.9 Å². The number of carboxylic acids is 1. The molecular weight excluding hydrogens is 226 g/mol. The van der Waals surface area contributed by atoms with Gasteiger partial charge in [-0.25, -0.2) is 9.78 Å². The van der Waals surface area contributed by atoms with E-state index in [2.05, 4.69) is 15.3 Å². The topological polar surface area (TPSA) is 112 Å². The van der Waals surface area contributed by atoms with Gasteiger partial charge in [0.2, 0.25) is 0 Å². The number of carbonyl (C=O) groups is 2. The number of carbonyl (C=O) groups excluding carboxylic acids is 1. The third-order valence-electron chi connectivity index (χ3n) is 2.09. The van der Waals surface area contributed by atoms with Gasteiger partial charge in [-0.05, 0) is 6.42 Å². The monoisotopic (exact) mass is 239 g/mol. The highest BCUT2D eigenvalue weighted by molar-refractivity contribution is 5.94. The summed E-state index contributed by atoms with van der Waals surface area (Å²) in [7, 11) is 0. The van der Waals surface area contributed by atoms with Crippen molar-refractivity contribution in [2.24, 2.45) is 0 Å². The van der Waals surface area contributed by atoms with Gasteiger partial charge in [0.05, 0.1) is 6.20 Å². The quantitative estimate of drug-likeness (QED) is 0.656. The number of nitrogens with one attached hydrogen (secondary N) is 2. The number of aliphatic carboxylic acids is 1. The van der Waals surface area contributed by atoms with E-state index in [0.29, 0.717) is 12.8 Å². The Bertz CT molecular complexity index is 448. The largest absolute Gasteiger partial charge is 0.480 e. The van der Waals surface area contributed by atoms with Gasteiger partial charge in [-0.3, -0.25) is 9.59 Å². The van der Waals surface area contributed by atoms with Crippen molar-refractivity contribution in [2.45, 2.75) is 25.8 Å². The summed E-state index contributed by atoms with van der Waals surface area (Å²) >= 11 is 0. The molecule has 0 spiro atoms. The Morgan fingerprint density at radius 1 is 1.59 bits per heavy atom. The first-order chi connectivity index (χ1) is 8.04. The Labute approximate surface area is 96.9 Å². The lowest BCUT2D eigenvalue weighted by Gasteiger charge is -2.12. The van der Waals surface area contributed by atoms with Crippen LogP contribution in [0.25, 0.3) is 0 Å². The minimum atomic E-state index is -1.09. The highest BCUT2D eigenvalue weighted by Gasteiger charge is 2.20. The van der Waals surface area contributed by atoms with Crippen molar-refractivity contribution < 1.29 is 14.7 Å². The molecule has 1 heterocycles. The first-order valence-corrected chi connectivity index (χ1v) is 5.13. The van der Waals surface area contributed by atoms with E-state index < -0.39 is 23.5 Å². The first kappa shape index (κ1) is 12.9. The molecule has 1 aromatic heterocycles. The second-order valence-corrected chi connectivity index (χ2v) is 3.45. The van der Waals surface area contributed by atoms with Crippen molar-refractivity contribution >= 4 is 11.9 Å². The third-order valence-corrected chi connectivity index (χ3v) is 2.09. The number of H-pyrrole nitrogens is 1. The standard InChI is InChI=1S/C10H13N3O4/c1-2-3-6(10(16)17)13-9(15)7-4-12-8(14)5-11-7/h4-6H,2-3H2,1H3,(H,12,14)(H,13,15)(H,16,17)/t6-/m0/s1. The molecule has 1 rings (SSSR count). The minimum Gasteiger partial charge on any atom is -0.480 e. The van der Waals surface area contributed by atoms with Gasteiger partial charge in [0.25, 0.3) is 11.5 Å². The molecule has 0 aliphatic carbocycles. The van der Waals surface area contributed by atoms with Crippen LogP contribution in [0.1, 0.15) is 30.3 Å². The summed E-state index contributed by atoms with van der Waals surface area (Å²) in [6.07, 6.45) is 3.08. The zero-order valence-electron chi connectivity index (χ0n) is 9.27. The number of amides is 1. The maximum atomic E-state index is 11.6. The summed E-state index contributed by atoms with van der Waals surface area (Å²) in [6, 6.07) is -0.943. The van der Waals surface area contributed by atoms with Crippen molar-refractivity contribution in [1.29, 1.82) is 0 Å². The summed E-state index contributed by atoms with van der Waals surface area (Å²) in [5.41, 5.74) is -0.447. The molecule has 17 heavy (non-hydrogen) atoms. The van der Waals surface area contributed by atoms with Gasteiger partial charge in [0.1, 0.15) is 11.7 Å². The Hall–Kier alpha value is -2.18. The van der Waals surface area contributed by atoms with Gasteiger partial charge in [0, 0.05) is 6.20 Å². The van der Waals surface area contributed by atoms with Crippen molar-refractivity contribution in [3.63, 3.8) is 0 Å². The van der Waals surface area contributed by atoms with Gasteiger partial charge in [0.15, 0.2) is 0 Å². The Balaban J connectivity index is 2.73. The maximum Gasteiger partial charge on any atom is 0.326 e. The first-order valence-electron chi connectivity index (χ1n) is 5.13. The summed E-state index contributed by atoms with van der Waals surface area (Å²) in [6.45, 7) is 1.82. The molecular formula is C10H13N3O4. The zero-order valence-corrected chi connectivity index (χ0v) is 9.27. The van der Waals surface area contributed by atoms with Crippen molar-refractivity contribution in [3.05, 3.63) is 28.4 Å². The summed E-state index contributed by atoms with van der Waals surface area (Å²) in [5.74, 6) is -1.72. The highest BCUT2D eigenvalue weighted by atomic mass is 16.4. The third kappa shape index (κ3) is 3.71. The Morgan fingerprint density at radius 2 is 2.29 bits per heavy atom. The number of aromatic amines is 1. The number of aromatic nitrogens is 2. The van der Waals surface area contributed by atoms with E-state index >= 15 is 0 Å². The fourth-order valence-electron chi connectivity index (χ4n) is 1.24. The van der Waals surface area contributed by atoms with Gasteiger partial charge in [-0.15, -0.1) is 0 Å². The van der Waals surface area contributed by atoms with E-state index in [0.717, 1.165) is 12.4 Å². The van der Waals surface area contributed by atoms with Crippen LogP contribution in [0.15, 0.2) is 17.2 Å². The number of hydrogen-bond acceptors (Lipinski definition) is 4. The average molecular weight is 239 g/mol. The molecule has 1 aromatic rings. The normalized spacial score (nSPS) is 11.8. The predicted molar refractivity (Wildman–Crippen MR) is 58.7 cm³/mol. The summed E-state index contributed by atoms with van der Waals surface area (Å²) < 4.78 is 0. The van der Waals surface area contributed by atoms with E-state index in [4.69, 9.17) is 5.11 Å². The molecule has 0 unspecified atom stereocenters. The molecule has 0 radical (unpaired) electrons. The molecule has 0 aromatic carbocycles. The van der Waals surface area contributed by atoms with Crippen LogP contribution in [0.2, 0.25) is 0 Å². The average Bonchev–Trinajstić information content (AvgIpc) is 2.29. The van der Waals surface area contributed by atoms with Crippen molar-refractivity contribution in [1.82, 2.24) is 15.3 Å². The molecule has 0 aliphatic rings. The molecule has 7 nitrogen and oxygen atoms in total. The molecule has 92 valence electrons. The van der Waals surface area contributed by atoms with E-state index in [-0.39, 0.29) is 5.69 Å². The molecule has 0 aliphatic heterocycles. The van der Waals surface area contributed by atoms with Crippen LogP contribution >= 0.6 is 0 Å². The number of carboxylic acid groups (broad SMARTS) is 1. The maximum absolute atomic E-state index is 11.6. The molecule has 7 heteroatoms. The predicted octanol–water partition coefficient (Wildman–Crippen LogP) is -0.247. The number of hydrogen-bond donors (Lipinski definition) is 3. The van der Waals surface area contributed by atoms with Crippen LogP contribution in [0.5, 0.6) is 0 Å². The Morgan fingerprint density at radius 3 is 2.76 bits per heavy atom. The minimum absolute atomic E-state index is 0.0213. The zero-order chi connectivity index (χ0) is 12.8. The van der Waals surface area contributed by atoms with E-state index in [9.17, 15) is 14.4 Å². The Kier molecular flexibility index (Phi) is 4.38. The van der Waals surface area contributed by atoms with Crippen LogP contribution in [0.3, 0.4) is 0 Å². The molecule has 0 saturated carbocycles.